The van der Waals surface area contributed by atoms with Gasteiger partial charge < -0.3 is 10.0 Å². The fourth-order valence-electron chi connectivity index (χ4n) is 3.68. The number of hydrogen-bond acceptors (Lipinski definition) is 5. The van der Waals surface area contributed by atoms with E-state index in [0.29, 0.717) is 18.8 Å². The number of carbonyl (C=O) groups is 1. The molecule has 1 aromatic carbocycles. The first-order chi connectivity index (χ1) is 13.7. The first-order valence-corrected chi connectivity index (χ1v) is 9.16. The maximum atomic E-state index is 13.4. The summed E-state index contributed by atoms with van der Waals surface area (Å²) < 4.78 is 13.4. The highest BCUT2D eigenvalue weighted by Crippen LogP contribution is 2.38. The number of nitrogens with zero attached hydrogens (tertiary/aromatic N) is 4. The average molecular weight is 381 g/mol. The van der Waals surface area contributed by atoms with E-state index in [1.807, 2.05) is 6.07 Å². The minimum absolute atomic E-state index is 0.175. The number of amides is 1. The molecule has 0 aliphatic carbocycles. The highest BCUT2D eigenvalue weighted by molar-refractivity contribution is 5.81. The number of rotatable bonds is 4. The van der Waals surface area contributed by atoms with Crippen LogP contribution in [-0.2, 0) is 4.79 Å². The second-order valence-corrected chi connectivity index (χ2v) is 6.78. The second-order valence-electron chi connectivity index (χ2n) is 6.78. The number of aliphatic hydroxyl groups excluding tert-OH is 1. The van der Waals surface area contributed by atoms with Crippen LogP contribution >= 0.6 is 0 Å². The van der Waals surface area contributed by atoms with Gasteiger partial charge in [-0.05, 0) is 43.2 Å². The van der Waals surface area contributed by atoms with Gasteiger partial charge in [-0.15, -0.1) is 0 Å². The van der Waals surface area contributed by atoms with Crippen molar-refractivity contribution in [3.8, 4) is 22.5 Å². The summed E-state index contributed by atoms with van der Waals surface area (Å²) >= 11 is 0. The molecule has 0 bridgehead atoms. The molecule has 1 aliphatic heterocycles. The van der Waals surface area contributed by atoms with E-state index >= 15 is 0 Å². The van der Waals surface area contributed by atoms with Crippen LogP contribution in [0.5, 0.6) is 0 Å². The number of likely N-dealkylation sites (tertiary alicyclic amines) is 1. The van der Waals surface area contributed by atoms with E-state index in [-0.39, 0.29) is 17.6 Å². The fraction of sp³-hybridized carbons (Fsp3) is 0.300. The molecular weight excluding hydrogens is 361 g/mol. The maximum absolute atomic E-state index is 13.4. The third kappa shape index (κ3) is 3.50. The van der Waals surface area contributed by atoms with E-state index < -0.39 is 6.61 Å². The third-order valence-electron chi connectivity index (χ3n) is 5.14. The Morgan fingerprint density at radius 3 is 2.61 bits per heavy atom. The van der Waals surface area contributed by atoms with Gasteiger partial charge in [-0.25, -0.2) is 14.4 Å². The zero-order chi connectivity index (χ0) is 19.5. The lowest BCUT2D eigenvalue weighted by atomic mass is 9.89. The van der Waals surface area contributed by atoms with E-state index in [1.54, 1.807) is 23.2 Å². The zero-order valence-corrected chi connectivity index (χ0v) is 15.2. The van der Waals surface area contributed by atoms with Crippen LogP contribution in [0.4, 0.5) is 4.39 Å². The lowest BCUT2D eigenvalue weighted by molar-refractivity contribution is -0.135. The number of nitrogens with one attached hydrogen (secondary N) is 1. The third-order valence-corrected chi connectivity index (χ3v) is 5.14. The topological polar surface area (TPSA) is 95.0 Å². The van der Waals surface area contributed by atoms with E-state index in [9.17, 15) is 9.18 Å². The van der Waals surface area contributed by atoms with Crippen LogP contribution in [0.15, 0.2) is 42.9 Å². The molecule has 0 unspecified atom stereocenters. The first kappa shape index (κ1) is 18.2. The number of piperidine rings is 1. The van der Waals surface area contributed by atoms with E-state index in [2.05, 4.69) is 20.2 Å². The van der Waals surface area contributed by atoms with Crippen molar-refractivity contribution in [2.75, 3.05) is 19.7 Å². The summed E-state index contributed by atoms with van der Waals surface area (Å²) in [5, 5.41) is 16.7. The van der Waals surface area contributed by atoms with Gasteiger partial charge in [0.25, 0.3) is 0 Å². The van der Waals surface area contributed by atoms with Crippen LogP contribution in [0.2, 0.25) is 0 Å². The van der Waals surface area contributed by atoms with Crippen molar-refractivity contribution in [3.63, 3.8) is 0 Å². The lowest BCUT2D eigenvalue weighted by Gasteiger charge is -2.31. The van der Waals surface area contributed by atoms with Gasteiger partial charge >= 0.3 is 0 Å². The van der Waals surface area contributed by atoms with Crippen molar-refractivity contribution in [1.29, 1.82) is 0 Å². The number of aromatic amines is 1. The van der Waals surface area contributed by atoms with Crippen molar-refractivity contribution < 1.29 is 14.3 Å². The Bertz CT molecular complexity index is 950. The van der Waals surface area contributed by atoms with Gasteiger partial charge in [0.05, 0.1) is 5.69 Å². The molecule has 0 atom stereocenters. The molecule has 1 fully saturated rings. The molecule has 7 nitrogen and oxygen atoms in total. The molecule has 8 heteroatoms. The molecule has 1 amide bonds. The predicted octanol–water partition coefficient (Wildman–Crippen LogP) is 2.37. The summed E-state index contributed by atoms with van der Waals surface area (Å²) in [7, 11) is 0. The zero-order valence-electron chi connectivity index (χ0n) is 15.2. The molecule has 28 heavy (non-hydrogen) atoms. The monoisotopic (exact) mass is 381 g/mol. The predicted molar refractivity (Wildman–Crippen MR) is 101 cm³/mol. The standard InChI is InChI=1S/C20H20FN5O2/c21-15-3-1-13(2-4-15)19-18(16-5-8-22-12-23-16)20(25-24-19)14-6-9-26(10-7-14)17(28)11-27/h1-5,8,12,14,27H,6-7,9-11H2,(H,24,25). The summed E-state index contributed by atoms with van der Waals surface area (Å²) in [6.07, 6.45) is 4.68. The highest BCUT2D eigenvalue weighted by Gasteiger charge is 2.28. The number of H-pyrrole nitrogens is 1. The summed E-state index contributed by atoms with van der Waals surface area (Å²) in [6, 6.07) is 8.04. The van der Waals surface area contributed by atoms with Crippen molar-refractivity contribution in [3.05, 3.63) is 54.4 Å². The minimum atomic E-state index is -0.463. The summed E-state index contributed by atoms with van der Waals surface area (Å²) in [5.41, 5.74) is 4.08. The molecule has 0 spiro atoms. The van der Waals surface area contributed by atoms with Crippen molar-refractivity contribution in [2.24, 2.45) is 0 Å². The van der Waals surface area contributed by atoms with Crippen LogP contribution in [0.3, 0.4) is 0 Å². The maximum Gasteiger partial charge on any atom is 0.248 e. The fourth-order valence-corrected chi connectivity index (χ4v) is 3.68. The molecule has 2 aromatic heterocycles. The van der Waals surface area contributed by atoms with Crippen molar-refractivity contribution >= 4 is 5.91 Å². The molecular formula is C20H20FN5O2. The highest BCUT2D eigenvalue weighted by atomic mass is 19.1. The van der Waals surface area contributed by atoms with Crippen LogP contribution in [0.25, 0.3) is 22.5 Å². The summed E-state index contributed by atoms with van der Waals surface area (Å²) in [6.45, 7) is 0.700. The molecule has 144 valence electrons. The minimum Gasteiger partial charge on any atom is -0.387 e. The van der Waals surface area contributed by atoms with Crippen molar-refractivity contribution in [1.82, 2.24) is 25.1 Å². The quantitative estimate of drug-likeness (QED) is 0.723. The van der Waals surface area contributed by atoms with Crippen molar-refractivity contribution in [2.45, 2.75) is 18.8 Å². The Morgan fingerprint density at radius 2 is 1.96 bits per heavy atom. The number of aliphatic hydroxyl groups is 1. The van der Waals surface area contributed by atoms with Gasteiger partial charge in [0.15, 0.2) is 0 Å². The largest absolute Gasteiger partial charge is 0.387 e. The van der Waals surface area contributed by atoms with Crippen LogP contribution in [0.1, 0.15) is 24.5 Å². The number of hydrogen-bond donors (Lipinski definition) is 2. The molecule has 3 aromatic rings. The molecule has 1 saturated heterocycles. The Morgan fingerprint density at radius 1 is 1.21 bits per heavy atom. The Balaban J connectivity index is 1.70. The molecule has 0 radical (unpaired) electrons. The number of aromatic nitrogens is 4. The normalized spacial score (nSPS) is 15.0. The Kier molecular flexibility index (Phi) is 5.12. The average Bonchev–Trinajstić information content (AvgIpc) is 3.19. The van der Waals surface area contributed by atoms with E-state index in [1.165, 1.54) is 18.5 Å². The Labute approximate surface area is 161 Å². The van der Waals surface area contributed by atoms with Gasteiger partial charge in [-0.1, -0.05) is 0 Å². The van der Waals surface area contributed by atoms with Gasteiger partial charge in [0, 0.05) is 42.0 Å². The van der Waals surface area contributed by atoms with Gasteiger partial charge in [0.1, 0.15) is 24.4 Å². The first-order valence-electron chi connectivity index (χ1n) is 9.16. The smallest absolute Gasteiger partial charge is 0.248 e. The van der Waals surface area contributed by atoms with Gasteiger partial charge in [0.2, 0.25) is 5.91 Å². The van der Waals surface area contributed by atoms with Crippen LogP contribution in [-0.4, -0.2) is 55.8 Å². The number of benzene rings is 1. The SMILES string of the molecule is O=C(CO)N1CCC(c2[nH]nc(-c3ccc(F)cc3)c2-c2ccncn2)CC1. The molecule has 0 saturated carbocycles. The second kappa shape index (κ2) is 7.85. The van der Waals surface area contributed by atoms with E-state index in [0.717, 1.165) is 35.4 Å². The summed E-state index contributed by atoms with van der Waals surface area (Å²) in [4.78, 5) is 21.8. The van der Waals surface area contributed by atoms with Crippen LogP contribution < -0.4 is 0 Å². The number of carbonyl (C=O) groups excluding carboxylic acids is 1. The van der Waals surface area contributed by atoms with Crippen LogP contribution in [0, 0.1) is 5.82 Å². The number of halogens is 1. The lowest BCUT2D eigenvalue weighted by Crippen LogP contribution is -2.39. The molecule has 2 N–H and O–H groups in total. The molecule has 3 heterocycles. The molecule has 1 aliphatic rings. The van der Waals surface area contributed by atoms with E-state index in [4.69, 9.17) is 5.11 Å². The van der Waals surface area contributed by atoms with Gasteiger partial charge in [-0.3, -0.25) is 9.89 Å². The molecule has 4 rings (SSSR count). The summed E-state index contributed by atoms with van der Waals surface area (Å²) in [5.74, 6) is -0.371. The Hall–Kier alpha value is -3.13. The van der Waals surface area contributed by atoms with Gasteiger partial charge in [-0.2, -0.15) is 5.10 Å².